The quantitative estimate of drug-likeness (QED) is 0.364. The van der Waals surface area contributed by atoms with Crippen LogP contribution in [0.15, 0.2) is 94.9 Å². The number of rotatable bonds is 6. The third-order valence-electron chi connectivity index (χ3n) is 5.25. The van der Waals surface area contributed by atoms with Gasteiger partial charge in [0.1, 0.15) is 5.25 Å². The highest BCUT2D eigenvalue weighted by Gasteiger charge is 2.30. The monoisotopic (exact) mass is 427 g/mol. The fraction of sp³-hybridized carbons (Fsp3) is 0.160. The summed E-state index contributed by atoms with van der Waals surface area (Å²) in [6, 6.07) is 26.7. The Hall–Kier alpha value is -3.38. The lowest BCUT2D eigenvalue weighted by Gasteiger charge is -2.19. The first-order valence-electron chi connectivity index (χ1n) is 10.3. The molecular formula is C25H21N3O2S. The minimum Gasteiger partial charge on any atom is -0.352 e. The van der Waals surface area contributed by atoms with Crippen molar-refractivity contribution in [3.8, 4) is 5.69 Å². The second kappa shape index (κ2) is 8.40. The molecule has 1 aliphatic rings. The van der Waals surface area contributed by atoms with E-state index in [1.54, 1.807) is 10.6 Å². The molecule has 0 spiro atoms. The van der Waals surface area contributed by atoms with Crippen molar-refractivity contribution in [2.24, 2.45) is 0 Å². The summed E-state index contributed by atoms with van der Waals surface area (Å²) in [6.45, 7) is 0. The maximum Gasteiger partial charge on any atom is 0.266 e. The van der Waals surface area contributed by atoms with Crippen molar-refractivity contribution in [1.82, 2.24) is 14.9 Å². The van der Waals surface area contributed by atoms with Crippen LogP contribution in [-0.4, -0.2) is 21.5 Å². The number of carbonyl (C=O) groups excluding carboxylic acids is 1. The van der Waals surface area contributed by atoms with Crippen LogP contribution in [0.1, 0.15) is 23.7 Å². The molecule has 1 N–H and O–H groups in total. The van der Waals surface area contributed by atoms with Crippen molar-refractivity contribution < 1.29 is 4.79 Å². The summed E-state index contributed by atoms with van der Waals surface area (Å²) in [5, 5.41) is 3.64. The third kappa shape index (κ3) is 4.11. The molecular weight excluding hydrogens is 406 g/mol. The maximum absolute atomic E-state index is 13.4. The van der Waals surface area contributed by atoms with Crippen molar-refractivity contribution in [1.29, 1.82) is 0 Å². The number of nitrogens with one attached hydrogen (secondary N) is 1. The van der Waals surface area contributed by atoms with E-state index < -0.39 is 5.25 Å². The molecule has 0 radical (unpaired) electrons. The zero-order valence-corrected chi connectivity index (χ0v) is 17.6. The topological polar surface area (TPSA) is 64.0 Å². The summed E-state index contributed by atoms with van der Waals surface area (Å²) in [7, 11) is 0. The zero-order valence-electron chi connectivity index (χ0n) is 16.8. The molecule has 1 unspecified atom stereocenters. The first-order chi connectivity index (χ1) is 15.2. The maximum atomic E-state index is 13.4. The first-order valence-corrected chi connectivity index (χ1v) is 11.2. The van der Waals surface area contributed by atoms with Crippen molar-refractivity contribution in [2.75, 3.05) is 0 Å². The Balaban J connectivity index is 1.65. The molecule has 0 bridgehead atoms. The normalized spacial score (nSPS) is 14.3. The Labute approximate surface area is 184 Å². The van der Waals surface area contributed by atoms with Crippen LogP contribution in [0.3, 0.4) is 0 Å². The highest BCUT2D eigenvalue weighted by Crippen LogP contribution is 2.36. The van der Waals surface area contributed by atoms with E-state index in [2.05, 4.69) is 5.32 Å². The number of fused-ring (bicyclic) bond motifs is 1. The van der Waals surface area contributed by atoms with Crippen LogP contribution < -0.4 is 10.9 Å². The summed E-state index contributed by atoms with van der Waals surface area (Å²) in [5.74, 6) is -0.0549. The van der Waals surface area contributed by atoms with Crippen LogP contribution in [0.2, 0.25) is 0 Å². The molecule has 1 heterocycles. The molecule has 0 aliphatic heterocycles. The SMILES string of the molecule is O=C(NC1CC1)C(Sc1nc2ccccc2c(=O)n1-c1ccccc1)c1ccccc1. The van der Waals surface area contributed by atoms with Crippen LogP contribution in [0, 0.1) is 0 Å². The predicted octanol–water partition coefficient (Wildman–Crippen LogP) is 4.50. The fourth-order valence-corrected chi connectivity index (χ4v) is 4.63. The summed E-state index contributed by atoms with van der Waals surface area (Å²) >= 11 is 1.31. The van der Waals surface area contributed by atoms with Crippen LogP contribution in [0.25, 0.3) is 16.6 Å². The predicted molar refractivity (Wildman–Crippen MR) is 124 cm³/mol. The number of hydrogen-bond acceptors (Lipinski definition) is 4. The molecule has 1 amide bonds. The van der Waals surface area contributed by atoms with Gasteiger partial charge in [-0.1, -0.05) is 72.4 Å². The van der Waals surface area contributed by atoms with Crippen LogP contribution >= 0.6 is 11.8 Å². The van der Waals surface area contributed by atoms with Gasteiger partial charge in [0.15, 0.2) is 5.16 Å². The summed E-state index contributed by atoms with van der Waals surface area (Å²) in [4.78, 5) is 31.4. The van der Waals surface area contributed by atoms with Gasteiger partial charge in [-0.25, -0.2) is 4.98 Å². The van der Waals surface area contributed by atoms with E-state index in [0.29, 0.717) is 16.1 Å². The van der Waals surface area contributed by atoms with E-state index in [1.807, 2.05) is 78.9 Å². The van der Waals surface area contributed by atoms with Gasteiger partial charge in [-0.15, -0.1) is 0 Å². The molecule has 0 saturated heterocycles. The molecule has 5 nitrogen and oxygen atoms in total. The fourth-order valence-electron chi connectivity index (χ4n) is 3.51. The summed E-state index contributed by atoms with van der Waals surface area (Å²) in [5.41, 5.74) is 2.08. The molecule has 1 saturated carbocycles. The van der Waals surface area contributed by atoms with E-state index in [1.165, 1.54) is 11.8 Å². The molecule has 1 fully saturated rings. The van der Waals surface area contributed by atoms with Gasteiger partial charge in [0, 0.05) is 6.04 Å². The lowest BCUT2D eigenvalue weighted by molar-refractivity contribution is -0.120. The van der Waals surface area contributed by atoms with Crippen LogP contribution in [0.4, 0.5) is 0 Å². The molecule has 154 valence electrons. The Morgan fingerprint density at radius 1 is 0.935 bits per heavy atom. The minimum absolute atomic E-state index is 0.0549. The van der Waals surface area contributed by atoms with Gasteiger partial charge in [-0.2, -0.15) is 0 Å². The molecule has 5 rings (SSSR count). The highest BCUT2D eigenvalue weighted by molar-refractivity contribution is 8.00. The number of nitrogens with zero attached hydrogens (tertiary/aromatic N) is 2. The molecule has 1 aromatic heterocycles. The molecule has 31 heavy (non-hydrogen) atoms. The Bertz CT molecular complexity index is 1280. The van der Waals surface area contributed by atoms with Crippen molar-refractivity contribution in [2.45, 2.75) is 29.3 Å². The number of hydrogen-bond donors (Lipinski definition) is 1. The van der Waals surface area contributed by atoms with Gasteiger partial charge in [-0.3, -0.25) is 14.2 Å². The van der Waals surface area contributed by atoms with E-state index in [-0.39, 0.29) is 17.5 Å². The zero-order chi connectivity index (χ0) is 21.2. The standard InChI is InChI=1S/C25H21N3O2S/c29-23(26-18-15-16-18)22(17-9-3-1-4-10-17)31-25-27-21-14-8-7-13-20(21)24(30)28(25)19-11-5-2-6-12-19/h1-14,18,22H,15-16H2,(H,26,29). The smallest absolute Gasteiger partial charge is 0.266 e. The largest absolute Gasteiger partial charge is 0.352 e. The molecule has 6 heteroatoms. The molecule has 4 aromatic rings. The number of thioether (sulfide) groups is 1. The van der Waals surface area contributed by atoms with Gasteiger partial charge in [-0.05, 0) is 42.7 Å². The second-order valence-corrected chi connectivity index (χ2v) is 8.65. The second-order valence-electron chi connectivity index (χ2n) is 7.58. The number of benzene rings is 3. The Morgan fingerprint density at radius 3 is 2.29 bits per heavy atom. The van der Waals surface area contributed by atoms with Gasteiger partial charge in [0.2, 0.25) is 5.91 Å². The lowest BCUT2D eigenvalue weighted by atomic mass is 10.1. The average molecular weight is 428 g/mol. The van der Waals surface area contributed by atoms with Gasteiger partial charge >= 0.3 is 0 Å². The van der Waals surface area contributed by atoms with Gasteiger partial charge < -0.3 is 5.32 Å². The minimum atomic E-state index is -0.509. The summed E-state index contributed by atoms with van der Waals surface area (Å²) < 4.78 is 1.60. The van der Waals surface area contributed by atoms with E-state index in [9.17, 15) is 9.59 Å². The number of amides is 1. The molecule has 1 atom stereocenters. The summed E-state index contributed by atoms with van der Waals surface area (Å²) in [6.07, 6.45) is 2.03. The lowest BCUT2D eigenvalue weighted by Crippen LogP contribution is -2.30. The number of para-hydroxylation sites is 2. The first kappa shape index (κ1) is 19.6. The Morgan fingerprint density at radius 2 is 1.58 bits per heavy atom. The van der Waals surface area contributed by atoms with Crippen molar-refractivity contribution in [3.63, 3.8) is 0 Å². The number of carbonyl (C=O) groups is 1. The third-order valence-corrected chi connectivity index (χ3v) is 6.45. The van der Waals surface area contributed by atoms with Crippen LogP contribution in [0.5, 0.6) is 0 Å². The van der Waals surface area contributed by atoms with E-state index in [0.717, 1.165) is 24.1 Å². The Kier molecular flexibility index (Phi) is 5.30. The molecule has 3 aromatic carbocycles. The average Bonchev–Trinajstić information content (AvgIpc) is 3.63. The van der Waals surface area contributed by atoms with Crippen molar-refractivity contribution >= 4 is 28.6 Å². The van der Waals surface area contributed by atoms with E-state index in [4.69, 9.17) is 4.98 Å². The van der Waals surface area contributed by atoms with Gasteiger partial charge in [0.25, 0.3) is 5.56 Å². The number of aromatic nitrogens is 2. The van der Waals surface area contributed by atoms with Crippen LogP contribution in [-0.2, 0) is 4.79 Å². The molecule has 1 aliphatic carbocycles. The van der Waals surface area contributed by atoms with Gasteiger partial charge in [0.05, 0.1) is 16.6 Å². The highest BCUT2D eigenvalue weighted by atomic mass is 32.2. The van der Waals surface area contributed by atoms with E-state index >= 15 is 0 Å². The van der Waals surface area contributed by atoms with Crippen molar-refractivity contribution in [3.05, 3.63) is 101 Å².